The molecule has 0 unspecified atom stereocenters. The second-order valence-corrected chi connectivity index (χ2v) is 3.18. The molecule has 2 aromatic heterocycles. The van der Waals surface area contributed by atoms with Crippen molar-refractivity contribution in [2.24, 2.45) is 0 Å². The summed E-state index contributed by atoms with van der Waals surface area (Å²) in [5.74, 6) is 0. The van der Waals surface area contributed by atoms with Crippen LogP contribution in [0.1, 0.15) is 5.01 Å². The number of rotatable bonds is 0. The molecule has 0 bridgehead atoms. The van der Waals surface area contributed by atoms with Gasteiger partial charge in [-0.3, -0.25) is 0 Å². The van der Waals surface area contributed by atoms with Crippen LogP contribution in [0, 0.1) is 13.0 Å². The molecule has 2 rings (SSSR count). The zero-order valence-corrected chi connectivity index (χ0v) is 6.27. The predicted molar refractivity (Wildman–Crippen MR) is 41.0 cm³/mol. The Kier molecular flexibility index (Phi) is 1.17. The molecule has 10 heavy (non-hydrogen) atoms. The molecule has 0 saturated carbocycles. The van der Waals surface area contributed by atoms with Crippen LogP contribution in [0.2, 0.25) is 0 Å². The van der Waals surface area contributed by atoms with E-state index >= 15 is 0 Å². The molecule has 1 radical (unpaired) electrons. The maximum absolute atomic E-state index is 4.19. The molecule has 0 saturated heterocycles. The molecule has 0 spiro atoms. The highest BCUT2D eigenvalue weighted by molar-refractivity contribution is 7.18. The third kappa shape index (κ3) is 0.789. The van der Waals surface area contributed by atoms with Crippen molar-refractivity contribution in [1.82, 2.24) is 9.97 Å². The minimum absolute atomic E-state index is 0.810. The van der Waals surface area contributed by atoms with Crippen molar-refractivity contribution in [2.45, 2.75) is 6.92 Å². The summed E-state index contributed by atoms with van der Waals surface area (Å²) in [4.78, 5) is 8.26. The maximum atomic E-state index is 4.19. The molecule has 2 aromatic rings. The van der Waals surface area contributed by atoms with Crippen LogP contribution in [0.4, 0.5) is 0 Å². The highest BCUT2D eigenvalue weighted by Gasteiger charge is 1.97. The van der Waals surface area contributed by atoms with E-state index in [4.69, 9.17) is 0 Å². The van der Waals surface area contributed by atoms with Crippen LogP contribution in [0.3, 0.4) is 0 Å². The smallest absolute Gasteiger partial charge is 0.171 e. The minimum Gasteiger partial charge on any atom is -0.236 e. The summed E-state index contributed by atoms with van der Waals surface area (Å²) in [5, 5.41) is 1.05. The molecule has 2 nitrogen and oxygen atoms in total. The van der Waals surface area contributed by atoms with Crippen LogP contribution in [0.25, 0.3) is 10.3 Å². The van der Waals surface area contributed by atoms with E-state index in [2.05, 4.69) is 16.0 Å². The summed E-state index contributed by atoms with van der Waals surface area (Å²) in [5.41, 5.74) is 0.810. The third-order valence-corrected chi connectivity index (χ3v) is 2.09. The fourth-order valence-corrected chi connectivity index (χ4v) is 1.56. The summed E-state index contributed by atoms with van der Waals surface area (Å²) in [7, 11) is 0. The molecule has 0 aliphatic carbocycles. The van der Waals surface area contributed by atoms with E-state index in [1.807, 2.05) is 6.92 Å². The van der Waals surface area contributed by atoms with Gasteiger partial charge in [-0.05, 0) is 13.0 Å². The quantitative estimate of drug-likeness (QED) is 0.570. The van der Waals surface area contributed by atoms with Crippen LogP contribution in [0.5, 0.6) is 0 Å². The Hall–Kier alpha value is -0.960. The lowest BCUT2D eigenvalue weighted by Crippen LogP contribution is -1.72. The Labute approximate surface area is 62.6 Å². The van der Waals surface area contributed by atoms with E-state index in [0.29, 0.717) is 0 Å². The summed E-state index contributed by atoms with van der Waals surface area (Å²) in [6, 6.07) is 4.87. The highest BCUT2D eigenvalue weighted by Crippen LogP contribution is 2.17. The summed E-state index contributed by atoms with van der Waals surface area (Å²) in [6.07, 6.45) is 1.71. The lowest BCUT2D eigenvalue weighted by atomic mass is 10.5. The standard InChI is InChI=1S/C7H5N2S/c1-5-9-7-6(10-5)3-2-4-8-7/h2,4H,1H3. The number of aromatic nitrogens is 2. The van der Waals surface area contributed by atoms with Crippen LogP contribution >= 0.6 is 11.3 Å². The van der Waals surface area contributed by atoms with Crippen molar-refractivity contribution < 1.29 is 0 Å². The molecule has 0 N–H and O–H groups in total. The summed E-state index contributed by atoms with van der Waals surface area (Å²) >= 11 is 1.62. The van der Waals surface area contributed by atoms with Crippen molar-refractivity contribution in [1.29, 1.82) is 0 Å². The molecule has 0 fully saturated rings. The first-order valence-corrected chi connectivity index (χ1v) is 3.78. The molecule has 0 atom stereocenters. The Bertz CT molecular complexity index is 320. The van der Waals surface area contributed by atoms with Gasteiger partial charge in [0.25, 0.3) is 0 Å². The third-order valence-electron chi connectivity index (χ3n) is 1.20. The first kappa shape index (κ1) is 5.80. The Balaban J connectivity index is 2.88. The zero-order valence-electron chi connectivity index (χ0n) is 5.46. The SMILES string of the molecule is Cc1nc2ncc[c]c2s1. The van der Waals surface area contributed by atoms with Crippen molar-refractivity contribution in [3.63, 3.8) is 0 Å². The van der Waals surface area contributed by atoms with E-state index in [-0.39, 0.29) is 0 Å². The van der Waals surface area contributed by atoms with Crippen LogP contribution < -0.4 is 0 Å². The fraction of sp³-hybridized carbons (Fsp3) is 0.143. The number of nitrogens with zero attached hydrogens (tertiary/aromatic N) is 2. The molecule has 0 aromatic carbocycles. The second kappa shape index (κ2) is 2.02. The average molecular weight is 149 g/mol. The van der Waals surface area contributed by atoms with Crippen molar-refractivity contribution in [3.05, 3.63) is 23.3 Å². The summed E-state index contributed by atoms with van der Waals surface area (Å²) in [6.45, 7) is 1.97. The topological polar surface area (TPSA) is 25.8 Å². The molecular formula is C7H5N2S. The molecule has 0 amide bonds. The molecule has 49 valence electrons. The van der Waals surface area contributed by atoms with E-state index < -0.39 is 0 Å². The van der Waals surface area contributed by atoms with Gasteiger partial charge in [0.1, 0.15) is 0 Å². The normalized spacial score (nSPS) is 10.5. The van der Waals surface area contributed by atoms with Gasteiger partial charge >= 0.3 is 0 Å². The summed E-state index contributed by atoms with van der Waals surface area (Å²) < 4.78 is 1.04. The second-order valence-electron chi connectivity index (χ2n) is 1.97. The lowest BCUT2D eigenvalue weighted by Gasteiger charge is -1.79. The van der Waals surface area contributed by atoms with E-state index in [1.165, 1.54) is 0 Å². The monoisotopic (exact) mass is 149 g/mol. The van der Waals surface area contributed by atoms with Gasteiger partial charge in [-0.15, -0.1) is 11.3 Å². The average Bonchev–Trinajstić information content (AvgIpc) is 2.27. The van der Waals surface area contributed by atoms with Gasteiger partial charge in [-0.2, -0.15) is 0 Å². The Morgan fingerprint density at radius 3 is 3.30 bits per heavy atom. The minimum atomic E-state index is 0.810. The predicted octanol–water partition coefficient (Wildman–Crippen LogP) is 1.80. The molecule has 2 heterocycles. The van der Waals surface area contributed by atoms with Gasteiger partial charge in [0, 0.05) is 12.3 Å². The van der Waals surface area contributed by atoms with Crippen molar-refractivity contribution >= 4 is 21.7 Å². The van der Waals surface area contributed by atoms with Crippen LogP contribution in [0.15, 0.2) is 12.3 Å². The van der Waals surface area contributed by atoms with Crippen LogP contribution in [-0.2, 0) is 0 Å². The van der Waals surface area contributed by atoms with Gasteiger partial charge in [0.05, 0.1) is 9.71 Å². The first-order chi connectivity index (χ1) is 4.86. The number of hydrogen-bond donors (Lipinski definition) is 0. The molecule has 0 aliphatic heterocycles. The van der Waals surface area contributed by atoms with E-state index in [0.717, 1.165) is 15.4 Å². The number of fused-ring (bicyclic) bond motifs is 1. The van der Waals surface area contributed by atoms with Crippen LogP contribution in [-0.4, -0.2) is 9.97 Å². The van der Waals surface area contributed by atoms with Gasteiger partial charge in [0.2, 0.25) is 0 Å². The van der Waals surface area contributed by atoms with Gasteiger partial charge in [-0.1, -0.05) is 0 Å². The molecular weight excluding hydrogens is 144 g/mol. The first-order valence-electron chi connectivity index (χ1n) is 2.96. The number of hydrogen-bond acceptors (Lipinski definition) is 3. The Morgan fingerprint density at radius 1 is 1.60 bits per heavy atom. The van der Waals surface area contributed by atoms with E-state index in [1.54, 1.807) is 23.6 Å². The number of pyridine rings is 1. The van der Waals surface area contributed by atoms with Gasteiger partial charge < -0.3 is 0 Å². The number of aryl methyl sites for hydroxylation is 1. The Morgan fingerprint density at radius 2 is 2.50 bits per heavy atom. The van der Waals surface area contributed by atoms with E-state index in [9.17, 15) is 0 Å². The van der Waals surface area contributed by atoms with Crippen molar-refractivity contribution in [3.8, 4) is 0 Å². The number of thiazole rings is 1. The van der Waals surface area contributed by atoms with Gasteiger partial charge in [-0.25, -0.2) is 9.97 Å². The highest BCUT2D eigenvalue weighted by atomic mass is 32.1. The molecule has 3 heteroatoms. The largest absolute Gasteiger partial charge is 0.236 e. The fourth-order valence-electron chi connectivity index (χ4n) is 0.818. The van der Waals surface area contributed by atoms with Gasteiger partial charge in [0.15, 0.2) is 5.65 Å². The molecule has 0 aliphatic rings. The van der Waals surface area contributed by atoms with Crippen molar-refractivity contribution in [2.75, 3.05) is 0 Å². The lowest BCUT2D eigenvalue weighted by molar-refractivity contribution is 1.27. The maximum Gasteiger partial charge on any atom is 0.171 e. The zero-order chi connectivity index (χ0) is 6.97.